The molecule has 2 rings (SSSR count). The fourth-order valence-electron chi connectivity index (χ4n) is 4.13. The van der Waals surface area contributed by atoms with Gasteiger partial charge in [-0.15, -0.1) is 0 Å². The van der Waals surface area contributed by atoms with Gasteiger partial charge >= 0.3 is 6.01 Å². The molecule has 1 aromatic rings. The van der Waals surface area contributed by atoms with Crippen LogP contribution in [0.25, 0.3) is 0 Å². The third-order valence-electron chi connectivity index (χ3n) is 4.88. The maximum absolute atomic E-state index is 5.58. The molecule has 0 saturated carbocycles. The molecule has 29 heavy (non-hydrogen) atoms. The van der Waals surface area contributed by atoms with Gasteiger partial charge in [-0.25, -0.2) is 0 Å². The van der Waals surface area contributed by atoms with E-state index in [9.17, 15) is 0 Å². The predicted octanol–water partition coefficient (Wildman–Crippen LogP) is 3.09. The maximum atomic E-state index is 5.58. The van der Waals surface area contributed by atoms with Gasteiger partial charge in [-0.1, -0.05) is 25.5 Å². The zero-order chi connectivity index (χ0) is 21.3. The highest BCUT2D eigenvalue weighted by Crippen LogP contribution is 2.30. The Morgan fingerprint density at radius 3 is 2.38 bits per heavy atom. The molecule has 1 aromatic heterocycles. The molecule has 1 aliphatic rings. The van der Waals surface area contributed by atoms with Crippen LogP contribution in [-0.2, 0) is 0 Å². The Morgan fingerprint density at radius 1 is 1.07 bits per heavy atom. The van der Waals surface area contributed by atoms with Crippen LogP contribution in [0, 0.1) is 0 Å². The van der Waals surface area contributed by atoms with Gasteiger partial charge in [0.2, 0.25) is 11.9 Å². The summed E-state index contributed by atoms with van der Waals surface area (Å²) in [6.07, 6.45) is 8.05. The van der Waals surface area contributed by atoms with E-state index >= 15 is 0 Å². The zero-order valence-corrected chi connectivity index (χ0v) is 18.6. The molecule has 1 saturated heterocycles. The highest BCUT2D eigenvalue weighted by atomic mass is 16.5. The van der Waals surface area contributed by atoms with E-state index in [4.69, 9.17) is 10.5 Å². The molecule has 0 spiro atoms. The molecular formula is C21H39N7O. The minimum Gasteiger partial charge on any atom is -0.459 e. The summed E-state index contributed by atoms with van der Waals surface area (Å²) in [4.78, 5) is 13.4. The first-order chi connectivity index (χ1) is 13.7. The van der Waals surface area contributed by atoms with Crippen LogP contribution in [0.15, 0.2) is 12.7 Å². The molecular weight excluding hydrogens is 366 g/mol. The molecule has 1 aliphatic heterocycles. The number of nitrogens with two attached hydrogens (primary N) is 1. The van der Waals surface area contributed by atoms with Gasteiger partial charge in [0.1, 0.15) is 6.61 Å². The van der Waals surface area contributed by atoms with Crippen LogP contribution in [0.5, 0.6) is 6.01 Å². The predicted molar refractivity (Wildman–Crippen MR) is 119 cm³/mol. The molecule has 0 aromatic carbocycles. The second kappa shape index (κ2) is 10.7. The summed E-state index contributed by atoms with van der Waals surface area (Å²) in [5.41, 5.74) is 5.63. The van der Waals surface area contributed by atoms with Crippen LogP contribution in [0.4, 0.5) is 11.9 Å². The average molecular weight is 406 g/mol. The Hall–Kier alpha value is -1.93. The quantitative estimate of drug-likeness (QED) is 0.310. The Kier molecular flexibility index (Phi) is 8.64. The number of nitrogens with zero attached hydrogens (tertiary/aromatic N) is 3. The molecule has 8 heteroatoms. The van der Waals surface area contributed by atoms with Crippen molar-refractivity contribution in [2.24, 2.45) is 5.73 Å². The molecule has 2 heterocycles. The van der Waals surface area contributed by atoms with Crippen LogP contribution >= 0.6 is 0 Å². The van der Waals surface area contributed by atoms with Crippen molar-refractivity contribution in [3.63, 3.8) is 0 Å². The number of anilines is 2. The van der Waals surface area contributed by atoms with Crippen molar-refractivity contribution in [2.45, 2.75) is 83.3 Å². The Morgan fingerprint density at radius 2 is 1.72 bits per heavy atom. The van der Waals surface area contributed by atoms with Crippen molar-refractivity contribution in [2.75, 3.05) is 30.3 Å². The second-order valence-corrected chi connectivity index (χ2v) is 9.14. The lowest BCUT2D eigenvalue weighted by atomic mass is 9.80. The molecule has 0 aliphatic carbocycles. The summed E-state index contributed by atoms with van der Waals surface area (Å²) < 4.78 is 5.58. The molecule has 0 bridgehead atoms. The first-order valence-electron chi connectivity index (χ1n) is 10.7. The van der Waals surface area contributed by atoms with Crippen molar-refractivity contribution in [3.8, 4) is 6.01 Å². The van der Waals surface area contributed by atoms with Gasteiger partial charge in [-0.2, -0.15) is 15.0 Å². The van der Waals surface area contributed by atoms with Crippen LogP contribution < -0.4 is 26.4 Å². The summed E-state index contributed by atoms with van der Waals surface area (Å²) >= 11 is 0. The van der Waals surface area contributed by atoms with E-state index in [0.29, 0.717) is 24.5 Å². The lowest BCUT2D eigenvalue weighted by Gasteiger charge is -2.46. The van der Waals surface area contributed by atoms with Crippen LogP contribution in [-0.4, -0.2) is 51.8 Å². The Balaban J connectivity index is 2.04. The van der Waals surface area contributed by atoms with E-state index in [1.165, 1.54) is 0 Å². The van der Waals surface area contributed by atoms with E-state index in [0.717, 1.165) is 51.6 Å². The number of piperidine rings is 1. The van der Waals surface area contributed by atoms with E-state index in [1.807, 2.05) is 0 Å². The topological polar surface area (TPSA) is 110 Å². The van der Waals surface area contributed by atoms with Gasteiger partial charge in [0.15, 0.2) is 0 Å². The van der Waals surface area contributed by atoms with Gasteiger partial charge in [0.25, 0.3) is 0 Å². The molecule has 0 unspecified atom stereocenters. The van der Waals surface area contributed by atoms with E-state index in [1.54, 1.807) is 6.08 Å². The molecule has 1 fully saturated rings. The number of hydrogen-bond donors (Lipinski definition) is 4. The second-order valence-electron chi connectivity index (χ2n) is 9.14. The molecule has 0 radical (unpaired) electrons. The van der Waals surface area contributed by atoms with Gasteiger partial charge in [-0.05, 0) is 59.9 Å². The summed E-state index contributed by atoms with van der Waals surface area (Å²) in [5.74, 6) is 1.08. The normalized spacial score (nSPS) is 18.2. The largest absolute Gasteiger partial charge is 0.459 e. The van der Waals surface area contributed by atoms with Crippen molar-refractivity contribution < 1.29 is 4.74 Å². The van der Waals surface area contributed by atoms with Crippen LogP contribution in [0.1, 0.15) is 66.2 Å². The summed E-state index contributed by atoms with van der Waals surface area (Å²) in [6.45, 7) is 14.5. The number of hydrogen-bond acceptors (Lipinski definition) is 8. The molecule has 8 nitrogen and oxygen atoms in total. The summed E-state index contributed by atoms with van der Waals surface area (Å²) in [7, 11) is 0. The standard InChI is InChI=1S/C21H39N7O/c1-6-13-29-19-26-17(23-12-10-8-7-9-11-22)25-18(27-19)24-16-14-20(2,3)28-21(4,5)15-16/h6,16,28H,1,7-15,22H2,2-5H3,(H2,23,24,25,26,27). The molecule has 164 valence electrons. The number of aromatic nitrogens is 3. The molecule has 5 N–H and O–H groups in total. The Labute approximate surface area is 175 Å². The smallest absolute Gasteiger partial charge is 0.323 e. The van der Waals surface area contributed by atoms with E-state index in [2.05, 4.69) is 65.2 Å². The van der Waals surface area contributed by atoms with Gasteiger partial charge in [-0.3, -0.25) is 0 Å². The third-order valence-corrected chi connectivity index (χ3v) is 4.88. The van der Waals surface area contributed by atoms with Crippen molar-refractivity contribution in [1.29, 1.82) is 0 Å². The highest BCUT2D eigenvalue weighted by molar-refractivity contribution is 5.37. The summed E-state index contributed by atoms with van der Waals surface area (Å²) in [5, 5.41) is 10.5. The van der Waals surface area contributed by atoms with Gasteiger partial charge < -0.3 is 26.4 Å². The zero-order valence-electron chi connectivity index (χ0n) is 18.6. The SMILES string of the molecule is C=CCOc1nc(NCCCCCCN)nc(NC2CC(C)(C)NC(C)(C)C2)n1. The van der Waals surface area contributed by atoms with E-state index in [-0.39, 0.29) is 17.1 Å². The monoisotopic (exact) mass is 405 g/mol. The Bertz CT molecular complexity index is 632. The van der Waals surface area contributed by atoms with Crippen molar-refractivity contribution >= 4 is 11.9 Å². The average Bonchev–Trinajstić information content (AvgIpc) is 2.60. The van der Waals surface area contributed by atoms with Crippen molar-refractivity contribution in [1.82, 2.24) is 20.3 Å². The van der Waals surface area contributed by atoms with Gasteiger partial charge in [0.05, 0.1) is 0 Å². The van der Waals surface area contributed by atoms with Gasteiger partial charge in [0, 0.05) is 23.7 Å². The number of nitrogens with one attached hydrogen (secondary N) is 3. The molecule has 0 atom stereocenters. The number of unbranched alkanes of at least 4 members (excludes halogenated alkanes) is 3. The fraction of sp³-hybridized carbons (Fsp3) is 0.762. The minimum atomic E-state index is 0.0409. The lowest BCUT2D eigenvalue weighted by molar-refractivity contribution is 0.170. The van der Waals surface area contributed by atoms with E-state index < -0.39 is 0 Å². The third kappa shape index (κ3) is 8.53. The van der Waals surface area contributed by atoms with Crippen LogP contribution in [0.3, 0.4) is 0 Å². The van der Waals surface area contributed by atoms with Crippen LogP contribution in [0.2, 0.25) is 0 Å². The fourth-order valence-corrected chi connectivity index (χ4v) is 4.13. The van der Waals surface area contributed by atoms with Crippen molar-refractivity contribution in [3.05, 3.63) is 12.7 Å². The number of rotatable bonds is 12. The first-order valence-corrected chi connectivity index (χ1v) is 10.7. The maximum Gasteiger partial charge on any atom is 0.323 e. The highest BCUT2D eigenvalue weighted by Gasteiger charge is 2.37. The molecule has 0 amide bonds. The number of ether oxygens (including phenoxy) is 1. The first kappa shape index (κ1) is 23.3. The lowest BCUT2D eigenvalue weighted by Crippen LogP contribution is -2.60. The minimum absolute atomic E-state index is 0.0409. The summed E-state index contributed by atoms with van der Waals surface area (Å²) in [6, 6.07) is 0.570.